The van der Waals surface area contributed by atoms with Crippen molar-refractivity contribution in [2.24, 2.45) is 5.73 Å². The van der Waals surface area contributed by atoms with Crippen LogP contribution in [0.4, 0.5) is 0 Å². The number of hydrogen-bond acceptors (Lipinski definition) is 5. The van der Waals surface area contributed by atoms with Gasteiger partial charge in [0.1, 0.15) is 6.04 Å². The van der Waals surface area contributed by atoms with Crippen LogP contribution < -0.4 is 11.1 Å². The van der Waals surface area contributed by atoms with Crippen molar-refractivity contribution < 1.29 is 29.4 Å². The van der Waals surface area contributed by atoms with Gasteiger partial charge >= 0.3 is 11.9 Å². The van der Waals surface area contributed by atoms with Crippen molar-refractivity contribution in [1.82, 2.24) is 5.32 Å². The van der Waals surface area contributed by atoms with E-state index in [1.165, 1.54) is 0 Å². The van der Waals surface area contributed by atoms with E-state index in [4.69, 9.17) is 15.9 Å². The Morgan fingerprint density at radius 1 is 1.19 bits per heavy atom. The first-order valence-electron chi connectivity index (χ1n) is 4.35. The number of carbonyl (C=O) groups excluding carboxylic acids is 2. The fraction of sp³-hybridized carbons (Fsp3) is 0.500. The van der Waals surface area contributed by atoms with Crippen molar-refractivity contribution in [3.05, 3.63) is 0 Å². The molecule has 0 aromatic carbocycles. The minimum absolute atomic E-state index is 0.0996. The van der Waals surface area contributed by atoms with Gasteiger partial charge in [-0.25, -0.2) is 4.79 Å². The molecule has 1 amide bonds. The standard InChI is InChI=1S/C8H12N2O6/c9-6(12)2-1-4(7(13)14)10-3-5(11)8(15)16/h4,10H,1-3H2,(H2,9,12)(H,13,14)(H,15,16). The number of carboxylic acids is 2. The molecular weight excluding hydrogens is 220 g/mol. The summed E-state index contributed by atoms with van der Waals surface area (Å²) in [6, 6.07) is -1.17. The lowest BCUT2D eigenvalue weighted by atomic mass is 10.1. The Kier molecular flexibility index (Phi) is 5.71. The molecule has 0 saturated heterocycles. The van der Waals surface area contributed by atoms with Gasteiger partial charge in [0, 0.05) is 6.42 Å². The molecule has 0 aliphatic rings. The third-order valence-electron chi connectivity index (χ3n) is 1.73. The van der Waals surface area contributed by atoms with Gasteiger partial charge in [-0.1, -0.05) is 0 Å². The zero-order chi connectivity index (χ0) is 12.7. The first kappa shape index (κ1) is 14.0. The van der Waals surface area contributed by atoms with Crippen LogP contribution in [0.15, 0.2) is 0 Å². The summed E-state index contributed by atoms with van der Waals surface area (Å²) in [6.45, 7) is -0.606. The van der Waals surface area contributed by atoms with E-state index in [9.17, 15) is 19.2 Å². The normalized spacial score (nSPS) is 11.8. The molecule has 0 radical (unpaired) electrons. The van der Waals surface area contributed by atoms with E-state index in [1.54, 1.807) is 0 Å². The van der Waals surface area contributed by atoms with E-state index in [2.05, 4.69) is 5.32 Å². The highest BCUT2D eigenvalue weighted by Crippen LogP contribution is 1.96. The molecule has 0 heterocycles. The number of carbonyl (C=O) groups is 4. The van der Waals surface area contributed by atoms with Crippen LogP contribution in [0.25, 0.3) is 0 Å². The van der Waals surface area contributed by atoms with Crippen LogP contribution in [0.5, 0.6) is 0 Å². The van der Waals surface area contributed by atoms with Crippen molar-refractivity contribution in [3.63, 3.8) is 0 Å². The van der Waals surface area contributed by atoms with Gasteiger partial charge in [0.05, 0.1) is 6.54 Å². The number of rotatable bonds is 8. The number of hydrogen-bond donors (Lipinski definition) is 4. The summed E-state index contributed by atoms with van der Waals surface area (Å²) in [5, 5.41) is 19.1. The molecule has 0 bridgehead atoms. The van der Waals surface area contributed by atoms with E-state index in [0.29, 0.717) is 0 Å². The average molecular weight is 232 g/mol. The highest BCUT2D eigenvalue weighted by Gasteiger charge is 2.20. The lowest BCUT2D eigenvalue weighted by molar-refractivity contribution is -0.149. The van der Waals surface area contributed by atoms with E-state index in [1.807, 2.05) is 0 Å². The quantitative estimate of drug-likeness (QED) is 0.352. The van der Waals surface area contributed by atoms with Crippen LogP contribution in [-0.4, -0.2) is 46.4 Å². The number of Topliss-reactive ketones (excluding diaryl/α,β-unsaturated/α-hetero) is 1. The first-order valence-corrected chi connectivity index (χ1v) is 4.35. The van der Waals surface area contributed by atoms with Gasteiger partial charge in [-0.05, 0) is 6.42 Å². The predicted octanol–water partition coefficient (Wildman–Crippen LogP) is -2.05. The van der Waals surface area contributed by atoms with Gasteiger partial charge in [-0.15, -0.1) is 0 Å². The van der Waals surface area contributed by atoms with Gasteiger partial charge in [-0.3, -0.25) is 19.7 Å². The summed E-state index contributed by atoms with van der Waals surface area (Å²) in [5.74, 6) is -4.74. The number of primary amides is 1. The van der Waals surface area contributed by atoms with Crippen LogP contribution in [0, 0.1) is 0 Å². The second-order valence-corrected chi connectivity index (χ2v) is 3.01. The number of nitrogens with one attached hydrogen (secondary N) is 1. The highest BCUT2D eigenvalue weighted by molar-refractivity contribution is 6.33. The molecular formula is C8H12N2O6. The molecule has 0 aliphatic heterocycles. The second kappa shape index (κ2) is 6.51. The van der Waals surface area contributed by atoms with Crippen molar-refractivity contribution in [3.8, 4) is 0 Å². The van der Waals surface area contributed by atoms with Gasteiger partial charge < -0.3 is 15.9 Å². The van der Waals surface area contributed by atoms with Crippen LogP contribution in [-0.2, 0) is 19.2 Å². The molecule has 0 aromatic rings. The molecule has 0 aliphatic carbocycles. The lowest BCUT2D eigenvalue weighted by Gasteiger charge is -2.11. The Bertz CT molecular complexity index is 314. The SMILES string of the molecule is NC(=O)CCC(NCC(=O)C(=O)O)C(=O)O. The third kappa shape index (κ3) is 5.70. The summed E-state index contributed by atoms with van der Waals surface area (Å²) < 4.78 is 0. The second-order valence-electron chi connectivity index (χ2n) is 3.01. The monoisotopic (exact) mass is 232 g/mol. The van der Waals surface area contributed by atoms with Gasteiger partial charge in [0.25, 0.3) is 5.78 Å². The van der Waals surface area contributed by atoms with Crippen molar-refractivity contribution in [2.75, 3.05) is 6.54 Å². The van der Waals surface area contributed by atoms with E-state index < -0.39 is 36.2 Å². The molecule has 8 heteroatoms. The van der Waals surface area contributed by atoms with Gasteiger partial charge in [-0.2, -0.15) is 0 Å². The zero-order valence-electron chi connectivity index (χ0n) is 8.30. The van der Waals surface area contributed by atoms with E-state index in [-0.39, 0.29) is 12.8 Å². The molecule has 5 N–H and O–H groups in total. The Balaban J connectivity index is 4.14. The molecule has 0 fully saturated rings. The Hall–Kier alpha value is -1.96. The number of ketones is 1. The zero-order valence-corrected chi connectivity index (χ0v) is 8.30. The van der Waals surface area contributed by atoms with Crippen LogP contribution in [0.3, 0.4) is 0 Å². The van der Waals surface area contributed by atoms with E-state index in [0.717, 1.165) is 0 Å². The minimum Gasteiger partial charge on any atom is -0.480 e. The molecule has 16 heavy (non-hydrogen) atoms. The molecule has 8 nitrogen and oxygen atoms in total. The number of nitrogens with two attached hydrogens (primary N) is 1. The Morgan fingerprint density at radius 2 is 1.75 bits per heavy atom. The van der Waals surface area contributed by atoms with E-state index >= 15 is 0 Å². The highest BCUT2D eigenvalue weighted by atomic mass is 16.4. The maximum atomic E-state index is 10.7. The average Bonchev–Trinajstić information content (AvgIpc) is 2.15. The summed E-state index contributed by atoms with van der Waals surface area (Å²) in [7, 11) is 0. The summed E-state index contributed by atoms with van der Waals surface area (Å²) in [6.07, 6.45) is -0.261. The molecule has 1 atom stereocenters. The van der Waals surface area contributed by atoms with Crippen LogP contribution >= 0.6 is 0 Å². The predicted molar refractivity (Wildman–Crippen MR) is 50.5 cm³/mol. The molecule has 0 aromatic heterocycles. The van der Waals surface area contributed by atoms with Crippen LogP contribution in [0.1, 0.15) is 12.8 Å². The fourth-order valence-corrected chi connectivity index (χ4v) is 0.891. The van der Waals surface area contributed by atoms with Crippen molar-refractivity contribution in [2.45, 2.75) is 18.9 Å². The lowest BCUT2D eigenvalue weighted by Crippen LogP contribution is -2.41. The molecule has 0 saturated carbocycles. The summed E-state index contributed by atoms with van der Waals surface area (Å²) in [5.41, 5.74) is 4.82. The Labute approximate surface area is 90.4 Å². The first-order chi connectivity index (χ1) is 7.34. The Morgan fingerprint density at radius 3 is 2.12 bits per heavy atom. The maximum absolute atomic E-state index is 10.7. The largest absolute Gasteiger partial charge is 0.480 e. The summed E-state index contributed by atoms with van der Waals surface area (Å²) in [4.78, 5) is 41.8. The van der Waals surface area contributed by atoms with Gasteiger partial charge in [0.2, 0.25) is 5.91 Å². The maximum Gasteiger partial charge on any atom is 0.373 e. The van der Waals surface area contributed by atoms with Gasteiger partial charge in [0.15, 0.2) is 0 Å². The van der Waals surface area contributed by atoms with Crippen molar-refractivity contribution >= 4 is 23.6 Å². The number of amides is 1. The van der Waals surface area contributed by atoms with Crippen molar-refractivity contribution in [1.29, 1.82) is 0 Å². The minimum atomic E-state index is -1.65. The van der Waals surface area contributed by atoms with Crippen LogP contribution in [0.2, 0.25) is 0 Å². The number of carboxylic acid groups (broad SMARTS) is 2. The third-order valence-corrected chi connectivity index (χ3v) is 1.73. The molecule has 0 rings (SSSR count). The molecule has 90 valence electrons. The fourth-order valence-electron chi connectivity index (χ4n) is 0.891. The molecule has 1 unspecified atom stereocenters. The summed E-state index contributed by atoms with van der Waals surface area (Å²) >= 11 is 0. The molecule has 0 spiro atoms. The topological polar surface area (TPSA) is 147 Å². The number of aliphatic carboxylic acids is 2. The smallest absolute Gasteiger partial charge is 0.373 e.